The van der Waals surface area contributed by atoms with Gasteiger partial charge in [0.2, 0.25) is 0 Å². The Labute approximate surface area is 203 Å². The van der Waals surface area contributed by atoms with Gasteiger partial charge < -0.3 is 21.3 Å². The highest BCUT2D eigenvalue weighted by Gasteiger charge is 2.18. The molecule has 0 radical (unpaired) electrons. The van der Waals surface area contributed by atoms with Crippen molar-refractivity contribution >= 4 is 62.0 Å². The molecule has 0 unspecified atom stereocenters. The largest absolute Gasteiger partial charge is 0.397 e. The average Bonchev–Trinajstić information content (AvgIpc) is 3.15. The van der Waals surface area contributed by atoms with Crippen LogP contribution in [0.3, 0.4) is 0 Å². The summed E-state index contributed by atoms with van der Waals surface area (Å²) in [6.07, 6.45) is 0.760. The molecule has 1 amide bonds. The molecule has 8 heteroatoms. The van der Waals surface area contributed by atoms with Crippen molar-refractivity contribution in [2.24, 2.45) is 0 Å². The van der Waals surface area contributed by atoms with Crippen LogP contribution in [-0.4, -0.2) is 43.6 Å². The summed E-state index contributed by atoms with van der Waals surface area (Å²) >= 11 is 1.35. The number of thiophene rings is 1. The van der Waals surface area contributed by atoms with Crippen LogP contribution < -0.4 is 21.3 Å². The highest BCUT2D eigenvalue weighted by Crippen LogP contribution is 2.33. The lowest BCUT2D eigenvalue weighted by Gasteiger charge is -2.30. The van der Waals surface area contributed by atoms with Crippen molar-refractivity contribution in [3.05, 3.63) is 64.7 Å². The lowest BCUT2D eigenvalue weighted by atomic mass is 9.99. The first-order valence-electron chi connectivity index (χ1n) is 11.0. The van der Waals surface area contributed by atoms with Gasteiger partial charge in [-0.3, -0.25) is 4.79 Å². The van der Waals surface area contributed by atoms with Gasteiger partial charge in [-0.25, -0.2) is 4.98 Å². The third-order valence-electron chi connectivity index (χ3n) is 6.07. The van der Waals surface area contributed by atoms with Crippen LogP contribution in [0, 0.1) is 6.92 Å². The molecule has 172 valence electrons. The number of amides is 1. The van der Waals surface area contributed by atoms with E-state index in [1.54, 1.807) is 0 Å². The number of benzene rings is 2. The van der Waals surface area contributed by atoms with Crippen LogP contribution in [0.2, 0.25) is 0 Å². The molecular weight excluding hydrogens is 454 g/mol. The van der Waals surface area contributed by atoms with Gasteiger partial charge in [-0.05, 0) is 42.5 Å². The molecule has 6 nitrogen and oxygen atoms in total. The van der Waals surface area contributed by atoms with Crippen molar-refractivity contribution < 1.29 is 4.79 Å². The van der Waals surface area contributed by atoms with Crippen molar-refractivity contribution in [3.63, 3.8) is 0 Å². The molecule has 0 saturated carbocycles. The van der Waals surface area contributed by atoms with Gasteiger partial charge >= 0.3 is 0 Å². The number of hydrogen-bond donors (Lipinski definition) is 3. The van der Waals surface area contributed by atoms with Crippen molar-refractivity contribution in [2.45, 2.75) is 13.3 Å². The Bertz CT molecular complexity index is 1300. The molecule has 1 aliphatic rings. The molecule has 5 rings (SSSR count). The third-order valence-corrected chi connectivity index (χ3v) is 7.18. The van der Waals surface area contributed by atoms with Gasteiger partial charge in [0.1, 0.15) is 9.71 Å². The molecular formula is C25H28ClN5OS. The highest BCUT2D eigenvalue weighted by molar-refractivity contribution is 7.21. The number of nitrogens with zero attached hydrogens (tertiary/aromatic N) is 2. The van der Waals surface area contributed by atoms with Crippen molar-refractivity contribution in [2.75, 3.05) is 43.4 Å². The summed E-state index contributed by atoms with van der Waals surface area (Å²) in [5.74, 6) is -0.134. The monoisotopic (exact) mass is 481 g/mol. The number of aryl methyl sites for hydroxylation is 1. The van der Waals surface area contributed by atoms with E-state index in [4.69, 9.17) is 5.73 Å². The number of nitrogens with two attached hydrogens (primary N) is 1. The number of carbonyl (C=O) groups is 1. The molecule has 33 heavy (non-hydrogen) atoms. The van der Waals surface area contributed by atoms with Crippen LogP contribution in [0.5, 0.6) is 0 Å². The number of halogens is 1. The number of hydrogen-bond acceptors (Lipinski definition) is 6. The Kier molecular flexibility index (Phi) is 7.02. The summed E-state index contributed by atoms with van der Waals surface area (Å²) in [5.41, 5.74) is 10.2. The van der Waals surface area contributed by atoms with Crippen LogP contribution in [0.1, 0.15) is 20.9 Å². The Morgan fingerprint density at radius 2 is 1.85 bits per heavy atom. The number of nitrogen functional groups attached to an aromatic ring is 1. The van der Waals surface area contributed by atoms with E-state index in [0.29, 0.717) is 17.1 Å². The summed E-state index contributed by atoms with van der Waals surface area (Å²) in [5, 5.41) is 9.84. The molecule has 0 atom stereocenters. The predicted octanol–water partition coefficient (Wildman–Crippen LogP) is 4.14. The van der Waals surface area contributed by atoms with E-state index in [0.717, 1.165) is 48.5 Å². The van der Waals surface area contributed by atoms with E-state index in [2.05, 4.69) is 56.9 Å². The molecule has 0 bridgehead atoms. The fourth-order valence-corrected chi connectivity index (χ4v) is 5.45. The minimum absolute atomic E-state index is 0. The normalized spacial score (nSPS) is 13.8. The van der Waals surface area contributed by atoms with Crippen LogP contribution in [-0.2, 0) is 6.42 Å². The van der Waals surface area contributed by atoms with Gasteiger partial charge in [-0.2, -0.15) is 0 Å². The second kappa shape index (κ2) is 9.95. The number of pyridine rings is 1. The Balaban J connectivity index is 0.00000259. The van der Waals surface area contributed by atoms with Crippen molar-refractivity contribution in [1.82, 2.24) is 15.6 Å². The minimum atomic E-state index is -0.134. The molecule has 3 heterocycles. The number of nitrogens with one attached hydrogen (secondary N) is 2. The number of aromatic nitrogens is 1. The Morgan fingerprint density at radius 3 is 2.64 bits per heavy atom. The molecule has 0 aliphatic carbocycles. The maximum Gasteiger partial charge on any atom is 0.263 e. The van der Waals surface area contributed by atoms with Crippen LogP contribution in [0.15, 0.2) is 48.5 Å². The summed E-state index contributed by atoms with van der Waals surface area (Å²) in [6, 6.07) is 16.8. The van der Waals surface area contributed by atoms with Crippen molar-refractivity contribution in [3.8, 4) is 0 Å². The highest BCUT2D eigenvalue weighted by atomic mass is 35.5. The third kappa shape index (κ3) is 4.62. The zero-order valence-corrected chi connectivity index (χ0v) is 20.2. The molecule has 0 spiro atoms. The van der Waals surface area contributed by atoms with Crippen LogP contribution in [0.4, 0.5) is 11.4 Å². The average molecular weight is 482 g/mol. The maximum atomic E-state index is 12.8. The Morgan fingerprint density at radius 1 is 1.09 bits per heavy atom. The number of piperazine rings is 1. The van der Waals surface area contributed by atoms with Gasteiger partial charge in [0.25, 0.3) is 5.91 Å². The van der Waals surface area contributed by atoms with Gasteiger partial charge in [-0.15, -0.1) is 23.7 Å². The van der Waals surface area contributed by atoms with Gasteiger partial charge in [0, 0.05) is 54.9 Å². The van der Waals surface area contributed by atoms with E-state index < -0.39 is 0 Å². The molecule has 4 N–H and O–H groups in total. The SMILES string of the molecule is Cc1ccc2c(N)c(C(=O)NCCc3ccc(N4CCNCC4)c4ccccc34)sc2n1.Cl. The molecule has 1 aliphatic heterocycles. The number of carbonyl (C=O) groups excluding carboxylic acids is 1. The first kappa shape index (κ1) is 23.3. The van der Waals surface area contributed by atoms with E-state index >= 15 is 0 Å². The van der Waals surface area contributed by atoms with Crippen LogP contribution in [0.25, 0.3) is 21.0 Å². The first-order chi connectivity index (χ1) is 15.6. The summed E-state index contributed by atoms with van der Waals surface area (Å²) in [4.78, 5) is 21.1. The first-order valence-corrected chi connectivity index (χ1v) is 11.8. The summed E-state index contributed by atoms with van der Waals surface area (Å²) in [7, 11) is 0. The van der Waals surface area contributed by atoms with Gasteiger partial charge in [-0.1, -0.05) is 30.3 Å². The van der Waals surface area contributed by atoms with E-state index in [-0.39, 0.29) is 18.3 Å². The maximum absolute atomic E-state index is 12.8. The molecule has 1 fully saturated rings. The zero-order chi connectivity index (χ0) is 22.1. The second-order valence-corrected chi connectivity index (χ2v) is 9.18. The molecule has 1 saturated heterocycles. The van der Waals surface area contributed by atoms with E-state index in [1.165, 1.54) is 33.4 Å². The van der Waals surface area contributed by atoms with E-state index in [1.807, 2.05) is 19.1 Å². The van der Waals surface area contributed by atoms with Gasteiger partial charge in [0.05, 0.1) is 5.69 Å². The summed E-state index contributed by atoms with van der Waals surface area (Å²) in [6.45, 7) is 6.55. The van der Waals surface area contributed by atoms with Gasteiger partial charge in [0.15, 0.2) is 0 Å². The summed E-state index contributed by atoms with van der Waals surface area (Å²) < 4.78 is 0. The minimum Gasteiger partial charge on any atom is -0.397 e. The lowest BCUT2D eigenvalue weighted by molar-refractivity contribution is 0.0959. The van der Waals surface area contributed by atoms with Crippen molar-refractivity contribution in [1.29, 1.82) is 0 Å². The van der Waals surface area contributed by atoms with E-state index in [9.17, 15) is 4.79 Å². The molecule has 2 aromatic carbocycles. The predicted molar refractivity (Wildman–Crippen MR) is 141 cm³/mol. The van der Waals surface area contributed by atoms with Crippen LogP contribution >= 0.6 is 23.7 Å². The fourth-order valence-electron chi connectivity index (χ4n) is 4.39. The number of anilines is 2. The second-order valence-electron chi connectivity index (χ2n) is 8.18. The number of fused-ring (bicyclic) bond motifs is 2. The smallest absolute Gasteiger partial charge is 0.263 e. The molecule has 4 aromatic rings. The Hall–Kier alpha value is -2.87. The zero-order valence-electron chi connectivity index (χ0n) is 18.6. The molecule has 2 aromatic heterocycles. The standard InChI is InChI=1S/C25H27N5OS.ClH/c1-16-6-8-20-22(26)23(32-25(20)29-16)24(31)28-11-10-17-7-9-21(30-14-12-27-13-15-30)19-5-3-2-4-18(17)19;/h2-9,27H,10-15,26H2,1H3,(H,28,31);1H. The number of rotatable bonds is 5. The fraction of sp³-hybridized carbons (Fsp3) is 0.280. The lowest BCUT2D eigenvalue weighted by Crippen LogP contribution is -2.43. The topological polar surface area (TPSA) is 83.3 Å². The quantitative estimate of drug-likeness (QED) is 0.399.